The summed E-state index contributed by atoms with van der Waals surface area (Å²) in [5.41, 5.74) is 0.705. The van der Waals surface area contributed by atoms with E-state index in [0.29, 0.717) is 33.8 Å². The summed E-state index contributed by atoms with van der Waals surface area (Å²) in [6, 6.07) is 16.1. The van der Waals surface area contributed by atoms with Crippen LogP contribution in [-0.2, 0) is 0 Å². The Kier molecular flexibility index (Phi) is 10.6. The van der Waals surface area contributed by atoms with Crippen molar-refractivity contribution in [3.63, 3.8) is 0 Å². The van der Waals surface area contributed by atoms with Gasteiger partial charge < -0.3 is 15.2 Å². The van der Waals surface area contributed by atoms with Crippen molar-refractivity contribution in [3.8, 4) is 11.5 Å². The average molecular weight is 482 g/mol. The van der Waals surface area contributed by atoms with E-state index in [4.69, 9.17) is 16.3 Å². The molecule has 0 unspecified atom stereocenters. The highest BCUT2D eigenvalue weighted by molar-refractivity contribution is 6.36. The Morgan fingerprint density at radius 3 is 2.15 bits per heavy atom. The number of fused-ring (bicyclic) bond motifs is 1. The number of halogens is 1. The van der Waals surface area contributed by atoms with Crippen molar-refractivity contribution in [1.82, 2.24) is 0 Å². The molecule has 0 bridgehead atoms. The summed E-state index contributed by atoms with van der Waals surface area (Å²) in [6.07, 6.45) is 12.7. The molecule has 34 heavy (non-hydrogen) atoms. The molecule has 1 amide bonds. The van der Waals surface area contributed by atoms with Crippen LogP contribution in [0.25, 0.3) is 10.8 Å². The van der Waals surface area contributed by atoms with Crippen LogP contribution < -0.4 is 10.1 Å². The van der Waals surface area contributed by atoms with Crippen LogP contribution in [0, 0.1) is 0 Å². The van der Waals surface area contributed by atoms with Gasteiger partial charge in [0.25, 0.3) is 5.91 Å². The largest absolute Gasteiger partial charge is 0.506 e. The van der Waals surface area contributed by atoms with Gasteiger partial charge in [0.2, 0.25) is 0 Å². The molecule has 3 rings (SSSR count). The molecule has 4 nitrogen and oxygen atoms in total. The lowest BCUT2D eigenvalue weighted by Gasteiger charge is -2.14. The lowest BCUT2D eigenvalue weighted by atomic mass is 10.0. The van der Waals surface area contributed by atoms with Crippen molar-refractivity contribution in [2.45, 2.75) is 71.1 Å². The molecule has 0 saturated heterocycles. The number of nitrogens with one attached hydrogen (secondary N) is 1. The number of hydrogen-bond donors (Lipinski definition) is 2. The number of carbonyl (C=O) groups excluding carboxylic acids is 1. The van der Waals surface area contributed by atoms with Crippen LogP contribution in [0.4, 0.5) is 5.69 Å². The first-order valence-corrected chi connectivity index (χ1v) is 12.9. The number of amides is 1. The van der Waals surface area contributed by atoms with Gasteiger partial charge in [0.1, 0.15) is 11.5 Å². The Bertz CT molecular complexity index is 1070. The zero-order chi connectivity index (χ0) is 24.2. The first-order chi connectivity index (χ1) is 16.6. The predicted molar refractivity (Wildman–Crippen MR) is 142 cm³/mol. The van der Waals surface area contributed by atoms with Crippen LogP contribution in [-0.4, -0.2) is 17.6 Å². The normalized spacial score (nSPS) is 11.0. The Labute approximate surface area is 208 Å². The zero-order valence-corrected chi connectivity index (χ0v) is 20.9. The number of anilines is 1. The Hall–Kier alpha value is -2.72. The molecule has 0 spiro atoms. The number of phenols is 1. The summed E-state index contributed by atoms with van der Waals surface area (Å²) >= 11 is 6.35. The number of rotatable bonds is 14. The molecule has 0 aliphatic rings. The summed E-state index contributed by atoms with van der Waals surface area (Å²) in [6.45, 7) is 2.86. The van der Waals surface area contributed by atoms with E-state index in [9.17, 15) is 9.90 Å². The number of phenolic OH excluding ortho intramolecular Hbond substituents is 1. The third kappa shape index (κ3) is 7.39. The van der Waals surface area contributed by atoms with E-state index in [-0.39, 0.29) is 11.3 Å². The van der Waals surface area contributed by atoms with Crippen molar-refractivity contribution >= 4 is 34.0 Å². The minimum atomic E-state index is -0.430. The maximum absolute atomic E-state index is 13.0. The van der Waals surface area contributed by atoms with E-state index in [1.54, 1.807) is 18.2 Å². The van der Waals surface area contributed by atoms with Gasteiger partial charge in [-0.1, -0.05) is 113 Å². The van der Waals surface area contributed by atoms with Gasteiger partial charge in [-0.25, -0.2) is 0 Å². The van der Waals surface area contributed by atoms with Gasteiger partial charge >= 0.3 is 0 Å². The lowest BCUT2D eigenvalue weighted by molar-refractivity contribution is 0.102. The summed E-state index contributed by atoms with van der Waals surface area (Å²) in [4.78, 5) is 13.0. The molecule has 0 atom stereocenters. The van der Waals surface area contributed by atoms with Crippen molar-refractivity contribution in [1.29, 1.82) is 0 Å². The minimum absolute atomic E-state index is 0.0822. The predicted octanol–water partition coefficient (Wildman–Crippen LogP) is 8.75. The van der Waals surface area contributed by atoms with Crippen LogP contribution in [0.5, 0.6) is 11.5 Å². The molecule has 5 heteroatoms. The van der Waals surface area contributed by atoms with Crippen LogP contribution in [0.1, 0.15) is 81.5 Å². The molecular formula is C29H36ClNO3. The summed E-state index contributed by atoms with van der Waals surface area (Å²) in [7, 11) is 0. The number of ether oxygens (including phenoxy) is 1. The van der Waals surface area contributed by atoms with Gasteiger partial charge in [-0.2, -0.15) is 0 Å². The molecule has 0 radical (unpaired) electrons. The monoisotopic (exact) mass is 481 g/mol. The Morgan fingerprint density at radius 2 is 1.44 bits per heavy atom. The lowest BCUT2D eigenvalue weighted by Crippen LogP contribution is -2.13. The fraction of sp³-hybridized carbons (Fsp3) is 0.414. The summed E-state index contributed by atoms with van der Waals surface area (Å²) < 4.78 is 5.97. The van der Waals surface area contributed by atoms with E-state index >= 15 is 0 Å². The summed E-state index contributed by atoms with van der Waals surface area (Å²) in [5, 5.41) is 15.2. The smallest absolute Gasteiger partial charge is 0.259 e. The quantitative estimate of drug-likeness (QED) is 0.226. The first kappa shape index (κ1) is 25.9. The molecule has 0 saturated carbocycles. The second-order valence-corrected chi connectivity index (χ2v) is 9.19. The number of carbonyl (C=O) groups is 1. The molecule has 3 aromatic rings. The highest BCUT2D eigenvalue weighted by Crippen LogP contribution is 2.35. The molecule has 0 heterocycles. The van der Waals surface area contributed by atoms with Gasteiger partial charge in [0.15, 0.2) is 0 Å². The van der Waals surface area contributed by atoms with Gasteiger partial charge in [-0.3, -0.25) is 4.79 Å². The SMILES string of the molecule is CCCCCCCCCCCCOc1ccccc1NC(=O)c1cc(Cl)c2ccccc2c1O. The maximum atomic E-state index is 13.0. The molecule has 182 valence electrons. The van der Waals surface area contributed by atoms with Crippen LogP contribution in [0.3, 0.4) is 0 Å². The number of unbranched alkanes of at least 4 members (excludes halogenated alkanes) is 9. The van der Waals surface area contributed by atoms with E-state index in [0.717, 1.165) is 12.8 Å². The van der Waals surface area contributed by atoms with Gasteiger partial charge in [-0.15, -0.1) is 0 Å². The van der Waals surface area contributed by atoms with Crippen LogP contribution >= 0.6 is 11.6 Å². The Morgan fingerprint density at radius 1 is 0.853 bits per heavy atom. The van der Waals surface area contributed by atoms with E-state index in [1.165, 1.54) is 57.4 Å². The molecule has 3 aromatic carbocycles. The zero-order valence-electron chi connectivity index (χ0n) is 20.1. The maximum Gasteiger partial charge on any atom is 0.259 e. The molecule has 0 aliphatic carbocycles. The van der Waals surface area contributed by atoms with Gasteiger partial charge in [0.05, 0.1) is 17.9 Å². The molecule has 2 N–H and O–H groups in total. The Balaban J connectivity index is 1.49. The highest BCUT2D eigenvalue weighted by Gasteiger charge is 2.18. The topological polar surface area (TPSA) is 58.6 Å². The fourth-order valence-corrected chi connectivity index (χ4v) is 4.42. The highest BCUT2D eigenvalue weighted by atomic mass is 35.5. The molecule has 0 fully saturated rings. The molecular weight excluding hydrogens is 446 g/mol. The molecule has 0 aliphatic heterocycles. The van der Waals surface area contributed by atoms with Crippen LogP contribution in [0.15, 0.2) is 54.6 Å². The van der Waals surface area contributed by atoms with Crippen molar-refractivity contribution < 1.29 is 14.6 Å². The number of benzene rings is 3. The third-order valence-electron chi connectivity index (χ3n) is 6.10. The summed E-state index contributed by atoms with van der Waals surface area (Å²) in [5.74, 6) is 0.111. The second kappa shape index (κ2) is 13.9. The van der Waals surface area contributed by atoms with Gasteiger partial charge in [0, 0.05) is 15.8 Å². The number of para-hydroxylation sites is 2. The van der Waals surface area contributed by atoms with Crippen molar-refractivity contribution in [2.75, 3.05) is 11.9 Å². The third-order valence-corrected chi connectivity index (χ3v) is 6.41. The number of aromatic hydroxyl groups is 1. The molecule has 0 aromatic heterocycles. The van der Waals surface area contributed by atoms with Gasteiger partial charge in [-0.05, 0) is 24.6 Å². The van der Waals surface area contributed by atoms with E-state index in [2.05, 4.69) is 12.2 Å². The fourth-order valence-electron chi connectivity index (χ4n) is 4.15. The average Bonchev–Trinajstić information content (AvgIpc) is 2.85. The first-order valence-electron chi connectivity index (χ1n) is 12.5. The standard InChI is InChI=1S/C29H36ClNO3/c1-2-3-4-5-6-7-8-9-10-15-20-34-27-19-14-13-18-26(27)31-29(33)24-21-25(30)22-16-11-12-17-23(22)28(24)32/h11-14,16-19,21,32H,2-10,15,20H2,1H3,(H,31,33). The second-order valence-electron chi connectivity index (χ2n) is 8.78. The van der Waals surface area contributed by atoms with E-state index in [1.807, 2.05) is 30.3 Å². The van der Waals surface area contributed by atoms with Crippen molar-refractivity contribution in [2.24, 2.45) is 0 Å². The minimum Gasteiger partial charge on any atom is -0.506 e. The van der Waals surface area contributed by atoms with Crippen LogP contribution in [0.2, 0.25) is 5.02 Å². The van der Waals surface area contributed by atoms with E-state index < -0.39 is 5.91 Å². The number of hydrogen-bond acceptors (Lipinski definition) is 3. The van der Waals surface area contributed by atoms with Crippen molar-refractivity contribution in [3.05, 3.63) is 65.2 Å².